The highest BCUT2D eigenvalue weighted by atomic mass is 16.3. The van der Waals surface area contributed by atoms with Gasteiger partial charge in [0.15, 0.2) is 0 Å². The van der Waals surface area contributed by atoms with Crippen LogP contribution in [0.1, 0.15) is 25.0 Å². The summed E-state index contributed by atoms with van der Waals surface area (Å²) in [5, 5.41) is 6.13. The molecular formula is C63H42BN3O. The van der Waals surface area contributed by atoms with Crippen molar-refractivity contribution in [1.82, 2.24) is 4.57 Å². The number of benzene rings is 10. The Kier molecular flexibility index (Phi) is 7.62. The lowest BCUT2D eigenvalue weighted by molar-refractivity contribution is 0.632. The van der Waals surface area contributed by atoms with Gasteiger partial charge < -0.3 is 18.7 Å². The lowest BCUT2D eigenvalue weighted by Crippen LogP contribution is -2.62. The van der Waals surface area contributed by atoms with Crippen LogP contribution in [0.5, 0.6) is 0 Å². The summed E-state index contributed by atoms with van der Waals surface area (Å²) < 4.78 is 9.83. The lowest BCUT2D eigenvalue weighted by Gasteiger charge is -2.49. The van der Waals surface area contributed by atoms with Crippen LogP contribution in [0.15, 0.2) is 223 Å². The molecule has 0 bridgehead atoms. The minimum atomic E-state index is -0.220. The average Bonchev–Trinajstić information content (AvgIpc) is 3.95. The van der Waals surface area contributed by atoms with E-state index >= 15 is 0 Å². The van der Waals surface area contributed by atoms with E-state index in [0.29, 0.717) is 0 Å². The number of hydrogen-bond acceptors (Lipinski definition) is 3. The van der Waals surface area contributed by atoms with Crippen molar-refractivity contribution in [3.8, 4) is 39.3 Å². The molecule has 0 radical (unpaired) electrons. The highest BCUT2D eigenvalue weighted by Crippen LogP contribution is 2.57. The maximum absolute atomic E-state index is 7.22. The average molecular weight is 868 g/mol. The molecule has 0 spiro atoms. The van der Waals surface area contributed by atoms with Crippen LogP contribution in [0, 0.1) is 0 Å². The van der Waals surface area contributed by atoms with Gasteiger partial charge in [-0.2, -0.15) is 0 Å². The molecule has 0 atom stereocenters. The smallest absolute Gasteiger partial charge is 0.333 e. The molecule has 2 aromatic heterocycles. The van der Waals surface area contributed by atoms with Crippen LogP contribution in [0.2, 0.25) is 0 Å². The normalized spacial score (nSPS) is 13.8. The predicted molar refractivity (Wildman–Crippen MR) is 285 cm³/mol. The molecule has 0 saturated carbocycles. The first-order valence-corrected chi connectivity index (χ1v) is 23.7. The number of para-hydroxylation sites is 4. The van der Waals surface area contributed by atoms with E-state index in [1.54, 1.807) is 0 Å². The molecule has 0 N–H and O–H groups in total. The first kappa shape index (κ1) is 37.7. The molecule has 10 aromatic carbocycles. The van der Waals surface area contributed by atoms with Crippen LogP contribution in [0.3, 0.4) is 0 Å². The Bertz CT molecular complexity index is 4020. The Morgan fingerprint density at radius 2 is 1.12 bits per heavy atom. The molecule has 15 rings (SSSR count). The van der Waals surface area contributed by atoms with Crippen LogP contribution < -0.4 is 20.6 Å². The van der Waals surface area contributed by atoms with Crippen LogP contribution in [-0.4, -0.2) is 11.4 Å². The zero-order chi connectivity index (χ0) is 44.8. The third-order valence-corrected chi connectivity index (χ3v) is 15.3. The highest BCUT2D eigenvalue weighted by molar-refractivity contribution is 6.94. The Labute approximate surface area is 394 Å². The van der Waals surface area contributed by atoms with E-state index in [1.807, 2.05) is 0 Å². The van der Waals surface area contributed by atoms with E-state index in [9.17, 15) is 0 Å². The van der Waals surface area contributed by atoms with Crippen LogP contribution >= 0.6 is 0 Å². The zero-order valence-electron chi connectivity index (χ0n) is 37.6. The van der Waals surface area contributed by atoms with Gasteiger partial charge in [0.1, 0.15) is 11.3 Å². The molecule has 3 aliphatic heterocycles. The van der Waals surface area contributed by atoms with Crippen molar-refractivity contribution >= 4 is 89.8 Å². The molecule has 68 heavy (non-hydrogen) atoms. The topological polar surface area (TPSA) is 24.6 Å². The number of nitrogens with zero attached hydrogens (tertiary/aromatic N) is 3. The Morgan fingerprint density at radius 1 is 0.485 bits per heavy atom. The van der Waals surface area contributed by atoms with Crippen molar-refractivity contribution in [3.05, 3.63) is 230 Å². The number of furan rings is 1. The monoisotopic (exact) mass is 867 g/mol. The van der Waals surface area contributed by atoms with Gasteiger partial charge in [0, 0.05) is 72.4 Å². The number of rotatable bonds is 5. The third kappa shape index (κ3) is 4.95. The molecule has 0 amide bonds. The lowest BCUT2D eigenvalue weighted by atomic mass is 9.42. The molecule has 5 heteroatoms. The SMILES string of the molecule is CC1(C)c2ccccc2N2B3c4cc5oc(-c6ccccc6)c(-c6ccccc6)c5cc4-n4c5ccc(N(c6ccccc6)c6ccccc6)cc5c5c6ccccc6c(c3c54)-c3cccc1c32. The second-order valence-corrected chi connectivity index (χ2v) is 19.2. The van der Waals surface area contributed by atoms with E-state index in [1.165, 1.54) is 82.8 Å². The van der Waals surface area contributed by atoms with Crippen molar-refractivity contribution in [2.75, 3.05) is 9.71 Å². The van der Waals surface area contributed by atoms with Crippen molar-refractivity contribution in [1.29, 1.82) is 0 Å². The van der Waals surface area contributed by atoms with Gasteiger partial charge in [0.05, 0.1) is 11.0 Å². The summed E-state index contributed by atoms with van der Waals surface area (Å²) >= 11 is 0. The van der Waals surface area contributed by atoms with Crippen molar-refractivity contribution in [3.63, 3.8) is 0 Å². The van der Waals surface area contributed by atoms with E-state index in [0.717, 1.165) is 50.5 Å². The molecule has 5 heterocycles. The van der Waals surface area contributed by atoms with Crippen LogP contribution in [0.25, 0.3) is 82.8 Å². The summed E-state index contributed by atoms with van der Waals surface area (Å²) in [4.78, 5) is 5.08. The number of anilines is 5. The van der Waals surface area contributed by atoms with Gasteiger partial charge in [-0.3, -0.25) is 0 Å². The van der Waals surface area contributed by atoms with Crippen molar-refractivity contribution in [2.45, 2.75) is 19.3 Å². The zero-order valence-corrected chi connectivity index (χ0v) is 37.6. The number of fused-ring (bicyclic) bond motifs is 14. The quantitative estimate of drug-likeness (QED) is 0.161. The third-order valence-electron chi connectivity index (χ3n) is 15.3. The van der Waals surface area contributed by atoms with E-state index < -0.39 is 0 Å². The standard InChI is InChI=1S/C63H42BN3O/c1-63(2)49-31-17-18-33-53(49)67-60-46(30-19-32-50(60)63)57-44-28-15-16-29-45(44)58-47-36-43(65(41-24-11-5-12-25-41)42-26-13-6-14-27-42)34-35-52(47)66-54-37-48-55(38-51(54)64(67)59(57)61(58)66)68-62(40-22-9-4-10-23-40)56(48)39-20-7-3-8-21-39/h3-38H,1-2H3. The molecule has 318 valence electrons. The summed E-state index contributed by atoms with van der Waals surface area (Å²) in [5.74, 6) is 0.883. The van der Waals surface area contributed by atoms with Crippen LogP contribution in [-0.2, 0) is 5.41 Å². The van der Waals surface area contributed by atoms with Gasteiger partial charge in [0.2, 0.25) is 0 Å². The summed E-state index contributed by atoms with van der Waals surface area (Å²) in [6.07, 6.45) is 0. The van der Waals surface area contributed by atoms with Gasteiger partial charge in [0.25, 0.3) is 0 Å². The van der Waals surface area contributed by atoms with E-state index in [-0.39, 0.29) is 12.3 Å². The molecule has 0 saturated heterocycles. The van der Waals surface area contributed by atoms with Gasteiger partial charge in [-0.05, 0) is 105 Å². The van der Waals surface area contributed by atoms with Gasteiger partial charge in [-0.15, -0.1) is 0 Å². The molecule has 3 aliphatic rings. The highest BCUT2D eigenvalue weighted by Gasteiger charge is 2.50. The molecule has 4 nitrogen and oxygen atoms in total. The molecule has 0 unspecified atom stereocenters. The molecule has 12 aromatic rings. The van der Waals surface area contributed by atoms with Crippen molar-refractivity contribution < 1.29 is 4.42 Å². The second-order valence-electron chi connectivity index (χ2n) is 19.2. The fourth-order valence-corrected chi connectivity index (χ4v) is 12.5. The maximum atomic E-state index is 7.22. The fraction of sp³-hybridized carbons (Fsp3) is 0.0476. The Balaban J connectivity index is 1.13. The number of hydrogen-bond donors (Lipinski definition) is 0. The fourth-order valence-electron chi connectivity index (χ4n) is 12.5. The van der Waals surface area contributed by atoms with Gasteiger partial charge in [-0.25, -0.2) is 0 Å². The number of aromatic nitrogens is 1. The molecular weight excluding hydrogens is 826 g/mol. The van der Waals surface area contributed by atoms with E-state index in [4.69, 9.17) is 4.42 Å². The summed E-state index contributed by atoms with van der Waals surface area (Å²) in [6.45, 7) is 4.64. The summed E-state index contributed by atoms with van der Waals surface area (Å²) in [7, 11) is 0. The van der Waals surface area contributed by atoms with Crippen LogP contribution in [0.4, 0.5) is 28.4 Å². The Hall–Kier alpha value is -8.54. The predicted octanol–water partition coefficient (Wildman–Crippen LogP) is 15.4. The van der Waals surface area contributed by atoms with Gasteiger partial charge in [-0.1, -0.05) is 172 Å². The molecule has 0 fully saturated rings. The minimum absolute atomic E-state index is 0.158. The first-order valence-electron chi connectivity index (χ1n) is 23.7. The Morgan fingerprint density at radius 3 is 1.85 bits per heavy atom. The summed E-state index contributed by atoms with van der Waals surface area (Å²) in [6, 6.07) is 80.2. The largest absolute Gasteiger partial charge is 0.455 e. The summed E-state index contributed by atoms with van der Waals surface area (Å²) in [5.41, 5.74) is 21.3. The van der Waals surface area contributed by atoms with Crippen molar-refractivity contribution in [2.24, 2.45) is 0 Å². The van der Waals surface area contributed by atoms with Gasteiger partial charge >= 0.3 is 6.85 Å². The first-order chi connectivity index (χ1) is 33.5. The molecule has 0 aliphatic carbocycles. The van der Waals surface area contributed by atoms with E-state index in [2.05, 4.69) is 247 Å². The second kappa shape index (κ2) is 13.8. The maximum Gasteiger partial charge on any atom is 0.333 e. The minimum Gasteiger partial charge on any atom is -0.455 e.